The fourth-order valence-electron chi connectivity index (χ4n) is 12.3. The average Bonchev–Trinajstić information content (AvgIpc) is 3.82. The second kappa shape index (κ2) is 19.7. The van der Waals surface area contributed by atoms with Gasteiger partial charge in [-0.05, 0) is 110 Å². The van der Waals surface area contributed by atoms with Crippen molar-refractivity contribution in [1.82, 2.24) is 0 Å². The summed E-state index contributed by atoms with van der Waals surface area (Å²) < 4.78 is 61.2. The van der Waals surface area contributed by atoms with Crippen LogP contribution in [0.25, 0.3) is 0 Å². The van der Waals surface area contributed by atoms with Crippen LogP contribution in [-0.2, 0) is 47.1 Å². The van der Waals surface area contributed by atoms with E-state index in [0.717, 1.165) is 24.8 Å². The summed E-state index contributed by atoms with van der Waals surface area (Å²) in [6.45, 7) is 27.8. The summed E-state index contributed by atoms with van der Waals surface area (Å²) >= 11 is 0. The van der Waals surface area contributed by atoms with Gasteiger partial charge in [0, 0.05) is 45.1 Å². The molecule has 19 atom stereocenters. The molecule has 0 saturated carbocycles. The molecule has 372 valence electrons. The number of aliphatic hydroxyl groups excluding tert-OH is 1. The molecule has 9 aliphatic rings. The van der Waals surface area contributed by atoms with E-state index in [1.165, 1.54) is 0 Å². The van der Waals surface area contributed by atoms with E-state index in [9.17, 15) is 14.7 Å². The van der Waals surface area contributed by atoms with Gasteiger partial charge in [0.2, 0.25) is 0 Å². The van der Waals surface area contributed by atoms with Gasteiger partial charge in [0.25, 0.3) is 0 Å². The second-order valence-electron chi connectivity index (χ2n) is 23.5. The van der Waals surface area contributed by atoms with Crippen LogP contribution in [0.2, 0.25) is 18.1 Å². The summed E-state index contributed by atoms with van der Waals surface area (Å²) in [6, 6.07) is 8.98. The Hall–Kier alpha value is -2.30. The summed E-state index contributed by atoms with van der Waals surface area (Å²) in [7, 11) is -1.92. The standard InChI is InChI=1S/C54H80O12Si/c1-30(29-58-67(9,10)53(6,7)8)22-43-34(5)40-26-36(55)25-38-17-19-42-47(60-38)51-50-49(63-42)48-46(64-50)28-54(65-48,66-51)21-20-39(61-52(57)35-14-12-11-13-15-35)24-32(3)41(56)18-16-37-23-31(2)33(4)44(59-37)27-45(40)62-43/h11-15,30-31,34,37-51,56H,3-4,16-29H2,1-2,5-10H3/t30-,31+,34+,37-,38+,39-,40?,41+,42-,43+,44+,45?,46+,47-,48-,49-,50+,51?,54-/m0/s1. The van der Waals surface area contributed by atoms with Crippen LogP contribution in [0.1, 0.15) is 135 Å². The third kappa shape index (κ3) is 10.5. The Balaban J connectivity index is 0.967. The van der Waals surface area contributed by atoms with Crippen LogP contribution in [-0.4, -0.2) is 123 Å². The number of benzene rings is 1. The number of ether oxygens (including phenoxy) is 8. The molecular formula is C54H80O12Si. The molecule has 0 aromatic heterocycles. The van der Waals surface area contributed by atoms with Crippen LogP contribution >= 0.6 is 0 Å². The van der Waals surface area contributed by atoms with Gasteiger partial charge in [-0.25, -0.2) is 4.79 Å². The summed E-state index contributed by atoms with van der Waals surface area (Å²) in [6.07, 6.45) is 2.70. The van der Waals surface area contributed by atoms with E-state index in [1.807, 2.05) is 18.2 Å². The summed E-state index contributed by atoms with van der Waals surface area (Å²) in [5, 5.41) is 11.8. The van der Waals surface area contributed by atoms with E-state index in [0.29, 0.717) is 75.5 Å². The van der Waals surface area contributed by atoms with Gasteiger partial charge in [0.05, 0.1) is 54.4 Å². The quantitative estimate of drug-likeness (QED) is 0.159. The van der Waals surface area contributed by atoms with Gasteiger partial charge in [0.15, 0.2) is 14.1 Å². The number of carbonyl (C=O) groups excluding carboxylic acids is 2. The molecule has 3 unspecified atom stereocenters. The molecule has 1 spiro atoms. The van der Waals surface area contributed by atoms with Gasteiger partial charge in [-0.15, -0.1) is 0 Å². The highest BCUT2D eigenvalue weighted by atomic mass is 28.4. The maximum absolute atomic E-state index is 14.4. The number of hydrogen-bond donors (Lipinski definition) is 1. The van der Waals surface area contributed by atoms with Crippen molar-refractivity contribution in [2.75, 3.05) is 6.61 Å². The number of ketones is 1. The molecule has 1 aromatic rings. The number of hydrogen-bond acceptors (Lipinski definition) is 12. The Morgan fingerprint density at radius 2 is 1.55 bits per heavy atom. The minimum atomic E-state index is -1.92. The molecule has 0 amide bonds. The summed E-state index contributed by atoms with van der Waals surface area (Å²) in [5.41, 5.74) is 2.12. The van der Waals surface area contributed by atoms with Crippen molar-refractivity contribution in [1.29, 1.82) is 0 Å². The molecular weight excluding hydrogens is 869 g/mol. The Bertz CT molecular complexity index is 1950. The predicted octanol–water partition coefficient (Wildman–Crippen LogP) is 9.22. The fraction of sp³-hybridized carbons (Fsp3) is 0.778. The van der Waals surface area contributed by atoms with Crippen molar-refractivity contribution >= 4 is 20.1 Å². The van der Waals surface area contributed by atoms with Crippen LogP contribution in [0.3, 0.4) is 0 Å². The van der Waals surface area contributed by atoms with Gasteiger partial charge >= 0.3 is 5.97 Å². The van der Waals surface area contributed by atoms with Crippen molar-refractivity contribution in [2.24, 2.45) is 23.7 Å². The molecule has 1 aromatic carbocycles. The molecule has 10 rings (SSSR count). The first-order valence-electron chi connectivity index (χ1n) is 25.9. The normalized spacial score (nSPS) is 43.2. The highest BCUT2D eigenvalue weighted by Gasteiger charge is 2.68. The van der Waals surface area contributed by atoms with Gasteiger partial charge < -0.3 is 47.4 Å². The van der Waals surface area contributed by atoms with E-state index in [-0.39, 0.29) is 102 Å². The zero-order valence-corrected chi connectivity index (χ0v) is 42.5. The molecule has 10 bridgehead atoms. The second-order valence-corrected chi connectivity index (χ2v) is 28.3. The SMILES string of the molecule is C=C1C[C@@H](OC(=O)c2ccccc2)CC[C@@]23C[C@H]4O[C@H]5C(O2)[C@H]2O[C@H](CC[C@@H]2O[C@H]5[C@H]4O3)CC(=O)CC2C(C[C@H]3O[C@@H](CC[C@H]1O)C[C@@H](C)C3=C)O[C@H](C[C@H](C)CO[Si](C)(C)C(C)(C)C)[C@@H]2C. The monoisotopic (exact) mass is 949 g/mol. The lowest BCUT2D eigenvalue weighted by atomic mass is 9.78. The van der Waals surface area contributed by atoms with Crippen LogP contribution in [0.4, 0.5) is 0 Å². The van der Waals surface area contributed by atoms with Crippen LogP contribution in [0.5, 0.6) is 0 Å². The lowest BCUT2D eigenvalue weighted by molar-refractivity contribution is -0.292. The smallest absolute Gasteiger partial charge is 0.338 e. The van der Waals surface area contributed by atoms with Crippen molar-refractivity contribution in [3.63, 3.8) is 0 Å². The Morgan fingerprint density at radius 3 is 2.31 bits per heavy atom. The summed E-state index contributed by atoms with van der Waals surface area (Å²) in [5.74, 6) is -0.604. The first kappa shape index (κ1) is 49.7. The molecule has 9 saturated heterocycles. The molecule has 13 heteroatoms. The average molecular weight is 949 g/mol. The molecule has 9 heterocycles. The minimum Gasteiger partial charge on any atom is -0.458 e. The maximum Gasteiger partial charge on any atom is 0.338 e. The lowest BCUT2D eigenvalue weighted by Crippen LogP contribution is -2.61. The Kier molecular flexibility index (Phi) is 14.6. The van der Waals surface area contributed by atoms with E-state index in [1.54, 1.807) is 12.1 Å². The molecule has 9 fully saturated rings. The van der Waals surface area contributed by atoms with Crippen LogP contribution in [0, 0.1) is 23.7 Å². The number of Topliss-reactive ketones (excluding diaryl/α,β-unsaturated/α-hetero) is 1. The highest BCUT2D eigenvalue weighted by Crippen LogP contribution is 2.54. The van der Waals surface area contributed by atoms with E-state index in [2.05, 4.69) is 67.8 Å². The van der Waals surface area contributed by atoms with Gasteiger partial charge in [-0.1, -0.05) is 72.9 Å². The van der Waals surface area contributed by atoms with Crippen molar-refractivity contribution in [3.05, 3.63) is 60.2 Å². The number of esters is 1. The lowest BCUT2D eigenvalue weighted by Gasteiger charge is -2.47. The zero-order valence-electron chi connectivity index (χ0n) is 41.5. The first-order chi connectivity index (χ1) is 31.8. The van der Waals surface area contributed by atoms with Crippen molar-refractivity contribution in [2.45, 2.75) is 234 Å². The third-order valence-electron chi connectivity index (χ3n) is 17.5. The molecule has 0 radical (unpaired) electrons. The maximum atomic E-state index is 14.4. The van der Waals surface area contributed by atoms with Crippen molar-refractivity contribution in [3.8, 4) is 0 Å². The predicted molar refractivity (Wildman–Crippen MR) is 255 cm³/mol. The fourth-order valence-corrected chi connectivity index (χ4v) is 13.5. The molecule has 9 aliphatic heterocycles. The van der Waals surface area contributed by atoms with E-state index in [4.69, 9.17) is 42.3 Å². The van der Waals surface area contributed by atoms with Crippen molar-refractivity contribution < 1.29 is 57.0 Å². The zero-order chi connectivity index (χ0) is 47.6. The van der Waals surface area contributed by atoms with Crippen LogP contribution in [0.15, 0.2) is 54.6 Å². The topological polar surface area (TPSA) is 137 Å². The number of aliphatic hydroxyl groups is 1. The van der Waals surface area contributed by atoms with Gasteiger partial charge in [-0.2, -0.15) is 0 Å². The van der Waals surface area contributed by atoms with Gasteiger partial charge in [0.1, 0.15) is 42.4 Å². The van der Waals surface area contributed by atoms with E-state index < -0.39 is 44.5 Å². The minimum absolute atomic E-state index is 0.00159. The van der Waals surface area contributed by atoms with Gasteiger partial charge in [-0.3, -0.25) is 4.79 Å². The highest BCUT2D eigenvalue weighted by molar-refractivity contribution is 6.74. The number of fused-ring (bicyclic) bond motifs is 4. The first-order valence-corrected chi connectivity index (χ1v) is 28.8. The number of rotatable bonds is 7. The molecule has 0 aliphatic carbocycles. The molecule has 1 N–H and O–H groups in total. The third-order valence-corrected chi connectivity index (χ3v) is 22.0. The van der Waals surface area contributed by atoms with Crippen LogP contribution < -0.4 is 0 Å². The molecule has 12 nitrogen and oxygen atoms in total. The largest absolute Gasteiger partial charge is 0.458 e. The summed E-state index contributed by atoms with van der Waals surface area (Å²) in [4.78, 5) is 28.0. The Labute approximate surface area is 400 Å². The Morgan fingerprint density at radius 1 is 0.836 bits per heavy atom. The molecule has 67 heavy (non-hydrogen) atoms. The number of carbonyl (C=O) groups is 2. The van der Waals surface area contributed by atoms with E-state index >= 15 is 0 Å².